The largest absolute Gasteiger partial charge is 0.443 e. The molecule has 0 atom stereocenters. The van der Waals surface area contributed by atoms with Gasteiger partial charge in [-0.25, -0.2) is 23.7 Å². The number of benzene rings is 1. The average molecular weight is 479 g/mol. The zero-order chi connectivity index (χ0) is 24.4. The zero-order valence-corrected chi connectivity index (χ0v) is 18.7. The number of fused-ring (bicyclic) bond motifs is 1. The number of pyridine rings is 1. The molecule has 1 amide bonds. The first-order chi connectivity index (χ1) is 16.9. The summed E-state index contributed by atoms with van der Waals surface area (Å²) >= 11 is 0. The van der Waals surface area contributed by atoms with Gasteiger partial charge in [0.15, 0.2) is 17.2 Å². The minimum atomic E-state index is -2.63. The van der Waals surface area contributed by atoms with Gasteiger partial charge in [-0.15, -0.1) is 0 Å². The van der Waals surface area contributed by atoms with Crippen LogP contribution in [0.25, 0.3) is 33.7 Å². The molecule has 0 unspecified atom stereocenters. The Kier molecular flexibility index (Phi) is 6.08. The number of anilines is 1. The molecule has 0 radical (unpaired) electrons. The van der Waals surface area contributed by atoms with Crippen LogP contribution in [0.3, 0.4) is 0 Å². The fourth-order valence-corrected chi connectivity index (χ4v) is 4.12. The standard InChI is InChI=1S/C24H23F2N7O2/c25-24(26)6-11-33(14-24)10-2-8-29-22(34)20-21(27)32-19(23-30-9-12-35-23)18(31-20)16-4-5-17-15(13-16)3-1-7-28-17/h1,3-5,7,9,12-13H,2,6,8,10-11,14H2,(H2,27,32)(H,29,34). The van der Waals surface area contributed by atoms with Crippen molar-refractivity contribution in [3.63, 3.8) is 0 Å². The van der Waals surface area contributed by atoms with Gasteiger partial charge in [-0.3, -0.25) is 14.7 Å². The summed E-state index contributed by atoms with van der Waals surface area (Å²) in [6, 6.07) is 9.32. The van der Waals surface area contributed by atoms with E-state index in [2.05, 4.69) is 25.3 Å². The van der Waals surface area contributed by atoms with Crippen LogP contribution in [0.1, 0.15) is 23.3 Å². The lowest BCUT2D eigenvalue weighted by Crippen LogP contribution is -2.31. The molecule has 9 nitrogen and oxygen atoms in total. The van der Waals surface area contributed by atoms with Crippen molar-refractivity contribution in [1.29, 1.82) is 0 Å². The van der Waals surface area contributed by atoms with Crippen molar-refractivity contribution in [3.8, 4) is 22.8 Å². The lowest BCUT2D eigenvalue weighted by Gasteiger charge is -2.15. The molecule has 1 aliphatic rings. The number of carbonyl (C=O) groups excluding carboxylic acids is 1. The van der Waals surface area contributed by atoms with Crippen molar-refractivity contribution < 1.29 is 18.0 Å². The Morgan fingerprint density at radius 1 is 1.17 bits per heavy atom. The number of nitrogens with two attached hydrogens (primary N) is 1. The van der Waals surface area contributed by atoms with Crippen LogP contribution < -0.4 is 11.1 Å². The van der Waals surface area contributed by atoms with Crippen molar-refractivity contribution in [2.75, 3.05) is 31.9 Å². The third-order valence-corrected chi connectivity index (χ3v) is 5.83. The molecule has 1 saturated heterocycles. The van der Waals surface area contributed by atoms with Crippen molar-refractivity contribution in [3.05, 3.63) is 54.7 Å². The van der Waals surface area contributed by atoms with Gasteiger partial charge in [0.25, 0.3) is 11.8 Å². The summed E-state index contributed by atoms with van der Waals surface area (Å²) in [6.07, 6.45) is 5.00. The Bertz CT molecular complexity index is 1360. The summed E-state index contributed by atoms with van der Waals surface area (Å²) in [5.41, 5.74) is 8.26. The molecule has 3 N–H and O–H groups in total. The number of oxazole rings is 1. The minimum Gasteiger partial charge on any atom is -0.443 e. The molecule has 11 heteroatoms. The molecule has 0 saturated carbocycles. The number of hydrogen-bond donors (Lipinski definition) is 2. The number of likely N-dealkylation sites (tertiary alicyclic amines) is 1. The van der Waals surface area contributed by atoms with Gasteiger partial charge < -0.3 is 15.5 Å². The molecule has 180 valence electrons. The summed E-state index contributed by atoms with van der Waals surface area (Å²) in [6.45, 7) is 0.871. The Balaban J connectivity index is 1.38. The third-order valence-electron chi connectivity index (χ3n) is 5.83. The van der Waals surface area contributed by atoms with Crippen molar-refractivity contribution in [1.82, 2.24) is 30.2 Å². The molecule has 3 aromatic heterocycles. The van der Waals surface area contributed by atoms with Gasteiger partial charge in [0.05, 0.1) is 18.3 Å². The second kappa shape index (κ2) is 9.34. The summed E-state index contributed by atoms with van der Waals surface area (Å²) in [5.74, 6) is -2.97. The Morgan fingerprint density at radius 2 is 2.06 bits per heavy atom. The second-order valence-electron chi connectivity index (χ2n) is 8.39. The molecule has 0 aliphatic carbocycles. The molecule has 1 fully saturated rings. The Hall–Kier alpha value is -3.99. The fourth-order valence-electron chi connectivity index (χ4n) is 4.12. The van der Waals surface area contributed by atoms with E-state index in [0.717, 1.165) is 10.9 Å². The van der Waals surface area contributed by atoms with Crippen molar-refractivity contribution in [2.24, 2.45) is 0 Å². The van der Waals surface area contributed by atoms with Gasteiger partial charge in [0.1, 0.15) is 12.0 Å². The molecule has 0 spiro atoms. The third kappa shape index (κ3) is 4.94. The van der Waals surface area contributed by atoms with E-state index in [1.165, 1.54) is 12.5 Å². The van der Waals surface area contributed by atoms with Gasteiger partial charge in [-0.05, 0) is 24.6 Å². The van der Waals surface area contributed by atoms with E-state index in [9.17, 15) is 13.6 Å². The normalized spacial score (nSPS) is 15.5. The second-order valence-corrected chi connectivity index (χ2v) is 8.39. The molecule has 35 heavy (non-hydrogen) atoms. The number of carbonyl (C=O) groups is 1. The highest BCUT2D eigenvalue weighted by Gasteiger charge is 2.37. The highest BCUT2D eigenvalue weighted by molar-refractivity contribution is 5.98. The van der Waals surface area contributed by atoms with E-state index < -0.39 is 11.8 Å². The number of nitrogen functional groups attached to an aromatic ring is 1. The predicted octanol–water partition coefficient (Wildman–Crippen LogP) is 3.39. The van der Waals surface area contributed by atoms with Crippen LogP contribution in [0.5, 0.6) is 0 Å². The Labute approximate surface area is 199 Å². The van der Waals surface area contributed by atoms with E-state index in [4.69, 9.17) is 10.2 Å². The van der Waals surface area contributed by atoms with Gasteiger partial charge in [-0.1, -0.05) is 12.1 Å². The van der Waals surface area contributed by atoms with Gasteiger partial charge in [0.2, 0.25) is 5.89 Å². The first-order valence-corrected chi connectivity index (χ1v) is 11.2. The number of hydrogen-bond acceptors (Lipinski definition) is 8. The van der Waals surface area contributed by atoms with E-state index in [0.29, 0.717) is 43.0 Å². The maximum Gasteiger partial charge on any atom is 0.273 e. The maximum absolute atomic E-state index is 13.3. The van der Waals surface area contributed by atoms with E-state index in [1.54, 1.807) is 11.1 Å². The van der Waals surface area contributed by atoms with Crippen LogP contribution in [0, 0.1) is 0 Å². The first-order valence-electron chi connectivity index (χ1n) is 11.2. The number of aromatic nitrogens is 4. The number of nitrogens with one attached hydrogen (secondary N) is 1. The van der Waals surface area contributed by atoms with E-state index >= 15 is 0 Å². The summed E-state index contributed by atoms with van der Waals surface area (Å²) < 4.78 is 32.1. The highest BCUT2D eigenvalue weighted by atomic mass is 19.3. The number of rotatable bonds is 7. The van der Waals surface area contributed by atoms with Gasteiger partial charge >= 0.3 is 0 Å². The lowest BCUT2D eigenvalue weighted by molar-refractivity contribution is 0.0121. The summed E-state index contributed by atoms with van der Waals surface area (Å²) in [7, 11) is 0. The molecule has 4 heterocycles. The number of halogens is 2. The molecule has 4 aromatic rings. The average Bonchev–Trinajstić information content (AvgIpc) is 3.51. The van der Waals surface area contributed by atoms with Gasteiger partial charge in [0, 0.05) is 43.2 Å². The topological polar surface area (TPSA) is 123 Å². The van der Waals surface area contributed by atoms with Crippen LogP contribution in [0.2, 0.25) is 0 Å². The number of nitrogens with zero attached hydrogens (tertiary/aromatic N) is 5. The molecule has 5 rings (SSSR count). The quantitative estimate of drug-likeness (QED) is 0.387. The SMILES string of the molecule is Nc1nc(-c2ncco2)c(-c2ccc3ncccc3c2)nc1C(=O)NCCCN1CCC(F)(F)C1. The first kappa shape index (κ1) is 22.8. The molecule has 1 aromatic carbocycles. The summed E-state index contributed by atoms with van der Waals surface area (Å²) in [4.78, 5) is 32.0. The number of alkyl halides is 2. The minimum absolute atomic E-state index is 0.0331. The van der Waals surface area contributed by atoms with E-state index in [-0.39, 0.29) is 30.4 Å². The lowest BCUT2D eigenvalue weighted by atomic mass is 10.1. The van der Waals surface area contributed by atoms with Crippen LogP contribution in [-0.2, 0) is 0 Å². The maximum atomic E-state index is 13.3. The van der Waals surface area contributed by atoms with Crippen LogP contribution >= 0.6 is 0 Å². The molecular formula is C24H23F2N7O2. The fraction of sp³-hybridized carbons (Fsp3) is 0.292. The van der Waals surface area contributed by atoms with Gasteiger partial charge in [-0.2, -0.15) is 0 Å². The van der Waals surface area contributed by atoms with Crippen molar-refractivity contribution >= 4 is 22.6 Å². The molecular weight excluding hydrogens is 456 g/mol. The zero-order valence-electron chi connectivity index (χ0n) is 18.7. The van der Waals surface area contributed by atoms with Crippen molar-refractivity contribution in [2.45, 2.75) is 18.8 Å². The van der Waals surface area contributed by atoms with Crippen LogP contribution in [-0.4, -0.2) is 62.8 Å². The number of amides is 1. The van der Waals surface area contributed by atoms with Crippen LogP contribution in [0.15, 0.2) is 53.4 Å². The monoisotopic (exact) mass is 479 g/mol. The Morgan fingerprint density at radius 3 is 2.83 bits per heavy atom. The van der Waals surface area contributed by atoms with Crippen LogP contribution in [0.4, 0.5) is 14.6 Å². The molecule has 1 aliphatic heterocycles. The summed E-state index contributed by atoms with van der Waals surface area (Å²) in [5, 5.41) is 3.65. The molecule has 0 bridgehead atoms. The smallest absolute Gasteiger partial charge is 0.273 e. The predicted molar refractivity (Wildman–Crippen MR) is 126 cm³/mol. The highest BCUT2D eigenvalue weighted by Crippen LogP contribution is 2.31. The van der Waals surface area contributed by atoms with E-state index in [1.807, 2.05) is 30.3 Å².